The molecule has 0 spiro atoms. The van der Waals surface area contributed by atoms with Gasteiger partial charge in [0.05, 0.1) is 23.0 Å². The van der Waals surface area contributed by atoms with Gasteiger partial charge in [0.25, 0.3) is 5.91 Å². The van der Waals surface area contributed by atoms with E-state index in [1.807, 2.05) is 6.92 Å². The molecular weight excluding hydrogens is 292 g/mol. The van der Waals surface area contributed by atoms with E-state index >= 15 is 0 Å². The normalized spacial score (nSPS) is 10.5. The van der Waals surface area contributed by atoms with Crippen LogP contribution in [0.4, 0.5) is 5.69 Å². The van der Waals surface area contributed by atoms with Crippen molar-refractivity contribution < 1.29 is 13.9 Å². The molecule has 2 aromatic rings. The van der Waals surface area contributed by atoms with Crippen LogP contribution in [0.1, 0.15) is 35.5 Å². The van der Waals surface area contributed by atoms with Gasteiger partial charge in [0.2, 0.25) is 5.76 Å². The lowest BCUT2D eigenvalue weighted by Crippen LogP contribution is -2.13. The molecule has 0 saturated heterocycles. The Morgan fingerprint density at radius 3 is 2.81 bits per heavy atom. The number of anilines is 1. The zero-order chi connectivity index (χ0) is 15.4. The number of ether oxygens (including phenoxy) is 1. The Bertz CT molecular complexity index is 652. The first-order chi connectivity index (χ1) is 10.0. The van der Waals surface area contributed by atoms with Crippen molar-refractivity contribution in [3.8, 4) is 5.75 Å². The summed E-state index contributed by atoms with van der Waals surface area (Å²) in [5, 5.41) is 3.20. The maximum atomic E-state index is 12.2. The second kappa shape index (κ2) is 6.63. The highest BCUT2D eigenvalue weighted by Gasteiger charge is 2.18. The molecule has 0 bridgehead atoms. The van der Waals surface area contributed by atoms with Crippen LogP contribution in [0.5, 0.6) is 5.75 Å². The van der Waals surface area contributed by atoms with Crippen LogP contribution < -0.4 is 10.1 Å². The Morgan fingerprint density at radius 1 is 1.43 bits per heavy atom. The topological polar surface area (TPSA) is 64.4 Å². The van der Waals surface area contributed by atoms with E-state index < -0.39 is 0 Å². The van der Waals surface area contributed by atoms with Gasteiger partial charge in [-0.05, 0) is 25.5 Å². The van der Waals surface area contributed by atoms with Gasteiger partial charge in [0.15, 0.2) is 11.6 Å². The van der Waals surface area contributed by atoms with Crippen molar-refractivity contribution in [3.05, 3.63) is 40.6 Å². The molecule has 0 unspecified atom stereocenters. The van der Waals surface area contributed by atoms with Gasteiger partial charge in [-0.15, -0.1) is 0 Å². The number of para-hydroxylation sites is 1. The number of hydrogen-bond acceptors (Lipinski definition) is 4. The molecular formula is C15H17ClN2O3. The number of carbonyl (C=O) groups excluding carboxylic acids is 1. The summed E-state index contributed by atoms with van der Waals surface area (Å²) in [6.07, 6.45) is 0.846. The van der Waals surface area contributed by atoms with Crippen LogP contribution in [-0.2, 0) is 0 Å². The van der Waals surface area contributed by atoms with Crippen LogP contribution in [-0.4, -0.2) is 17.5 Å². The average molecular weight is 309 g/mol. The van der Waals surface area contributed by atoms with Gasteiger partial charge >= 0.3 is 0 Å². The quantitative estimate of drug-likeness (QED) is 0.907. The van der Waals surface area contributed by atoms with Gasteiger partial charge in [-0.25, -0.2) is 4.98 Å². The molecule has 2 rings (SSSR count). The number of nitrogens with one attached hydrogen (secondary N) is 1. The SMILES string of the molecule is CCCOc1c(Cl)cccc1NC(=O)c1oc(C)nc1C. The highest BCUT2D eigenvalue weighted by molar-refractivity contribution is 6.32. The summed E-state index contributed by atoms with van der Waals surface area (Å²) in [5.74, 6) is 0.722. The van der Waals surface area contributed by atoms with Crippen molar-refractivity contribution in [1.82, 2.24) is 4.98 Å². The Hall–Kier alpha value is -2.01. The molecule has 1 aromatic carbocycles. The van der Waals surface area contributed by atoms with E-state index in [0.29, 0.717) is 34.7 Å². The van der Waals surface area contributed by atoms with Crippen molar-refractivity contribution in [1.29, 1.82) is 0 Å². The van der Waals surface area contributed by atoms with Crippen LogP contribution in [0.15, 0.2) is 22.6 Å². The van der Waals surface area contributed by atoms with Gasteiger partial charge in [0.1, 0.15) is 0 Å². The highest BCUT2D eigenvalue weighted by Crippen LogP contribution is 2.33. The van der Waals surface area contributed by atoms with Crippen molar-refractivity contribution in [2.45, 2.75) is 27.2 Å². The van der Waals surface area contributed by atoms with E-state index in [2.05, 4.69) is 10.3 Å². The molecule has 1 N–H and O–H groups in total. The van der Waals surface area contributed by atoms with Crippen molar-refractivity contribution in [3.63, 3.8) is 0 Å². The third-order valence-corrected chi connectivity index (χ3v) is 3.07. The molecule has 112 valence electrons. The van der Waals surface area contributed by atoms with Crippen molar-refractivity contribution in [2.24, 2.45) is 0 Å². The summed E-state index contributed by atoms with van der Waals surface area (Å²) in [7, 11) is 0. The molecule has 0 aliphatic rings. The number of hydrogen-bond donors (Lipinski definition) is 1. The van der Waals surface area contributed by atoms with Gasteiger partial charge < -0.3 is 14.5 Å². The fourth-order valence-electron chi connectivity index (χ4n) is 1.88. The summed E-state index contributed by atoms with van der Waals surface area (Å²) in [6, 6.07) is 5.19. The Morgan fingerprint density at radius 2 is 2.19 bits per heavy atom. The molecule has 0 aliphatic heterocycles. The summed E-state index contributed by atoms with van der Waals surface area (Å²) >= 11 is 6.12. The van der Waals surface area contributed by atoms with Crippen molar-refractivity contribution in [2.75, 3.05) is 11.9 Å². The summed E-state index contributed by atoms with van der Waals surface area (Å²) in [5.41, 5.74) is 1.05. The Balaban J connectivity index is 2.24. The predicted octanol–water partition coefficient (Wildman–Crippen LogP) is 3.99. The molecule has 1 heterocycles. The number of benzene rings is 1. The number of amides is 1. The highest BCUT2D eigenvalue weighted by atomic mass is 35.5. The van der Waals surface area contributed by atoms with E-state index in [0.717, 1.165) is 6.42 Å². The van der Waals surface area contributed by atoms with E-state index in [1.165, 1.54) is 0 Å². The first kappa shape index (κ1) is 15.4. The van der Waals surface area contributed by atoms with Gasteiger partial charge in [-0.1, -0.05) is 24.6 Å². The van der Waals surface area contributed by atoms with E-state index in [9.17, 15) is 4.79 Å². The van der Waals surface area contributed by atoms with Gasteiger partial charge in [-0.3, -0.25) is 4.79 Å². The van der Waals surface area contributed by atoms with E-state index in [-0.39, 0.29) is 11.7 Å². The Labute approximate surface area is 128 Å². The zero-order valence-electron chi connectivity index (χ0n) is 12.2. The summed E-state index contributed by atoms with van der Waals surface area (Å²) in [4.78, 5) is 16.3. The van der Waals surface area contributed by atoms with Gasteiger partial charge in [0, 0.05) is 6.92 Å². The molecule has 1 amide bonds. The number of rotatable bonds is 5. The third kappa shape index (κ3) is 3.55. The largest absolute Gasteiger partial charge is 0.490 e. The van der Waals surface area contributed by atoms with Crippen LogP contribution in [0.25, 0.3) is 0 Å². The lowest BCUT2D eigenvalue weighted by atomic mass is 10.2. The van der Waals surface area contributed by atoms with Crippen LogP contribution in [0.3, 0.4) is 0 Å². The second-order valence-corrected chi connectivity index (χ2v) is 4.97. The predicted molar refractivity (Wildman–Crippen MR) is 81.2 cm³/mol. The maximum absolute atomic E-state index is 12.2. The minimum Gasteiger partial charge on any atom is -0.490 e. The number of aromatic nitrogens is 1. The number of nitrogens with zero attached hydrogens (tertiary/aromatic N) is 1. The lowest BCUT2D eigenvalue weighted by molar-refractivity contribution is 0.0994. The fourth-order valence-corrected chi connectivity index (χ4v) is 2.11. The van der Waals surface area contributed by atoms with Crippen LogP contribution in [0.2, 0.25) is 5.02 Å². The summed E-state index contributed by atoms with van der Waals surface area (Å²) < 4.78 is 10.9. The third-order valence-electron chi connectivity index (χ3n) is 2.78. The molecule has 6 heteroatoms. The second-order valence-electron chi connectivity index (χ2n) is 4.57. The smallest absolute Gasteiger partial charge is 0.293 e. The zero-order valence-corrected chi connectivity index (χ0v) is 13.0. The minimum absolute atomic E-state index is 0.189. The average Bonchev–Trinajstić information content (AvgIpc) is 2.77. The van der Waals surface area contributed by atoms with E-state index in [1.54, 1.807) is 32.0 Å². The first-order valence-corrected chi connectivity index (χ1v) is 7.07. The van der Waals surface area contributed by atoms with Crippen molar-refractivity contribution >= 4 is 23.2 Å². The molecule has 21 heavy (non-hydrogen) atoms. The standard InChI is InChI=1S/C15H17ClN2O3/c1-4-8-20-14-11(16)6-5-7-12(14)18-15(19)13-9(2)17-10(3)21-13/h5-7H,4,8H2,1-3H3,(H,18,19). The molecule has 0 saturated carbocycles. The van der Waals surface area contributed by atoms with E-state index in [4.69, 9.17) is 20.8 Å². The number of aryl methyl sites for hydroxylation is 2. The number of halogens is 1. The maximum Gasteiger partial charge on any atom is 0.293 e. The monoisotopic (exact) mass is 308 g/mol. The summed E-state index contributed by atoms with van der Waals surface area (Å²) in [6.45, 7) is 5.93. The fraction of sp³-hybridized carbons (Fsp3) is 0.333. The molecule has 0 atom stereocenters. The Kier molecular flexibility index (Phi) is 4.85. The molecule has 5 nitrogen and oxygen atoms in total. The van der Waals surface area contributed by atoms with Crippen LogP contribution >= 0.6 is 11.6 Å². The van der Waals surface area contributed by atoms with Crippen LogP contribution in [0, 0.1) is 13.8 Å². The molecule has 1 aromatic heterocycles. The molecule has 0 radical (unpaired) electrons. The minimum atomic E-state index is -0.378. The molecule has 0 fully saturated rings. The van der Waals surface area contributed by atoms with Gasteiger partial charge in [-0.2, -0.15) is 0 Å². The lowest BCUT2D eigenvalue weighted by Gasteiger charge is -2.13. The first-order valence-electron chi connectivity index (χ1n) is 6.69. The number of carbonyl (C=O) groups is 1. The number of oxazole rings is 1. The molecule has 0 aliphatic carbocycles.